The number of aliphatic carboxylic acids is 1. The summed E-state index contributed by atoms with van der Waals surface area (Å²) in [5.41, 5.74) is -0.615. The van der Waals surface area contributed by atoms with Gasteiger partial charge in [-0.1, -0.05) is 6.92 Å². The zero-order valence-electron chi connectivity index (χ0n) is 14.3. The summed E-state index contributed by atoms with van der Waals surface area (Å²) in [6.07, 6.45) is 1.04. The number of cyclic esters (lactones) is 1. The van der Waals surface area contributed by atoms with Crippen molar-refractivity contribution in [3.63, 3.8) is 0 Å². The van der Waals surface area contributed by atoms with Gasteiger partial charge in [-0.15, -0.1) is 0 Å². The molecule has 3 atom stereocenters. The van der Waals surface area contributed by atoms with Crippen molar-refractivity contribution in [2.45, 2.75) is 77.5 Å². The molecule has 1 fully saturated rings. The van der Waals surface area contributed by atoms with Crippen LogP contribution in [0.5, 0.6) is 0 Å². The molecule has 1 aliphatic heterocycles. The third-order valence-corrected chi connectivity index (χ3v) is 3.57. The molecule has 2 N–H and O–H groups in total. The maximum absolute atomic E-state index is 12.0. The third-order valence-electron chi connectivity index (χ3n) is 3.57. The van der Waals surface area contributed by atoms with Gasteiger partial charge in [0.15, 0.2) is 0 Å². The standard InChI is InChI=1S/C16H27NO6/c1-10(5-7-13(18)19)9-11(12-6-8-14(20)22-12)17-15(21)23-16(2,3)4/h10-12H,5-9H2,1-4H3,(H,17,21)(H,18,19)/t10?,11?,12-/m1/s1. The summed E-state index contributed by atoms with van der Waals surface area (Å²) in [5.74, 6) is -1.05. The number of nitrogens with one attached hydrogen (secondary N) is 1. The SMILES string of the molecule is CC(CCC(=O)O)CC(NC(=O)OC(C)(C)C)[C@H]1CCC(=O)O1. The van der Waals surface area contributed by atoms with Crippen molar-refractivity contribution in [1.29, 1.82) is 0 Å². The first-order valence-electron chi connectivity index (χ1n) is 7.97. The van der Waals surface area contributed by atoms with Crippen LogP contribution in [-0.2, 0) is 19.1 Å². The minimum absolute atomic E-state index is 0.0742. The monoisotopic (exact) mass is 329 g/mol. The van der Waals surface area contributed by atoms with Gasteiger partial charge in [0, 0.05) is 12.8 Å². The van der Waals surface area contributed by atoms with E-state index in [0.29, 0.717) is 25.7 Å². The minimum atomic E-state index is -0.846. The summed E-state index contributed by atoms with van der Waals surface area (Å²) in [4.78, 5) is 34.0. The van der Waals surface area contributed by atoms with Gasteiger partial charge in [0.05, 0.1) is 6.04 Å². The number of carboxylic acid groups (broad SMARTS) is 1. The first kappa shape index (κ1) is 19.3. The second kappa shape index (κ2) is 8.17. The molecule has 1 heterocycles. The van der Waals surface area contributed by atoms with E-state index in [2.05, 4.69) is 5.32 Å². The molecule has 7 heteroatoms. The molecule has 2 unspecified atom stereocenters. The predicted octanol–water partition coefficient (Wildman–Crippen LogP) is 2.48. The van der Waals surface area contributed by atoms with Gasteiger partial charge in [0.2, 0.25) is 0 Å². The second-order valence-electron chi connectivity index (χ2n) is 7.09. The molecule has 132 valence electrons. The molecular formula is C16H27NO6. The predicted molar refractivity (Wildman–Crippen MR) is 82.9 cm³/mol. The van der Waals surface area contributed by atoms with Gasteiger partial charge in [-0.05, 0) is 46.0 Å². The lowest BCUT2D eigenvalue weighted by atomic mass is 9.93. The molecule has 1 amide bonds. The summed E-state index contributed by atoms with van der Waals surface area (Å²) in [6, 6.07) is -0.375. The molecule has 7 nitrogen and oxygen atoms in total. The highest BCUT2D eigenvalue weighted by Crippen LogP contribution is 2.23. The molecule has 0 aromatic rings. The average Bonchev–Trinajstić information content (AvgIpc) is 2.80. The van der Waals surface area contributed by atoms with Crippen LogP contribution in [0.1, 0.15) is 59.8 Å². The fraction of sp³-hybridized carbons (Fsp3) is 0.812. The Labute approximate surface area is 136 Å². The first-order chi connectivity index (χ1) is 10.6. The van der Waals surface area contributed by atoms with E-state index >= 15 is 0 Å². The van der Waals surface area contributed by atoms with E-state index in [1.54, 1.807) is 20.8 Å². The highest BCUT2D eigenvalue weighted by Gasteiger charge is 2.34. The Kier molecular flexibility index (Phi) is 6.84. The topological polar surface area (TPSA) is 102 Å². The van der Waals surface area contributed by atoms with Crippen LogP contribution in [-0.4, -0.2) is 40.9 Å². The number of hydrogen-bond donors (Lipinski definition) is 2. The van der Waals surface area contributed by atoms with Gasteiger partial charge in [-0.2, -0.15) is 0 Å². The molecule has 1 saturated heterocycles. The van der Waals surface area contributed by atoms with Gasteiger partial charge >= 0.3 is 18.0 Å². The van der Waals surface area contributed by atoms with Crippen LogP contribution < -0.4 is 5.32 Å². The zero-order chi connectivity index (χ0) is 17.6. The fourth-order valence-corrected chi connectivity index (χ4v) is 2.51. The number of carbonyl (C=O) groups is 3. The maximum Gasteiger partial charge on any atom is 0.408 e. The van der Waals surface area contributed by atoms with Crippen LogP contribution in [0, 0.1) is 5.92 Å². The van der Waals surface area contributed by atoms with Crippen LogP contribution in [0.3, 0.4) is 0 Å². The van der Waals surface area contributed by atoms with Crippen molar-refractivity contribution in [3.05, 3.63) is 0 Å². The van der Waals surface area contributed by atoms with Crippen molar-refractivity contribution >= 4 is 18.0 Å². The molecule has 23 heavy (non-hydrogen) atoms. The summed E-state index contributed by atoms with van der Waals surface area (Å²) in [6.45, 7) is 7.23. The van der Waals surface area contributed by atoms with E-state index in [4.69, 9.17) is 14.6 Å². The van der Waals surface area contributed by atoms with E-state index in [1.807, 2.05) is 6.92 Å². The number of esters is 1. The van der Waals surface area contributed by atoms with E-state index < -0.39 is 17.7 Å². The smallest absolute Gasteiger partial charge is 0.408 e. The largest absolute Gasteiger partial charge is 0.481 e. The molecule has 0 spiro atoms. The molecular weight excluding hydrogens is 302 g/mol. The molecule has 0 aromatic heterocycles. The van der Waals surface area contributed by atoms with Gasteiger partial charge in [0.1, 0.15) is 11.7 Å². The van der Waals surface area contributed by atoms with E-state index in [1.165, 1.54) is 0 Å². The molecule has 0 aromatic carbocycles. The van der Waals surface area contributed by atoms with Gasteiger partial charge in [-0.25, -0.2) is 4.79 Å². The number of amides is 1. The van der Waals surface area contributed by atoms with Crippen molar-refractivity contribution in [3.8, 4) is 0 Å². The molecule has 0 aliphatic carbocycles. The van der Waals surface area contributed by atoms with Crippen molar-refractivity contribution in [1.82, 2.24) is 5.32 Å². The van der Waals surface area contributed by atoms with Gasteiger partial charge in [-0.3, -0.25) is 9.59 Å². The van der Waals surface area contributed by atoms with E-state index in [0.717, 1.165) is 0 Å². The van der Waals surface area contributed by atoms with Gasteiger partial charge < -0.3 is 19.9 Å². The molecule has 1 aliphatic rings. The third kappa shape index (κ3) is 7.85. The average molecular weight is 329 g/mol. The van der Waals surface area contributed by atoms with Crippen molar-refractivity contribution in [2.75, 3.05) is 0 Å². The molecule has 1 rings (SSSR count). The highest BCUT2D eigenvalue weighted by atomic mass is 16.6. The first-order valence-corrected chi connectivity index (χ1v) is 7.97. The van der Waals surface area contributed by atoms with Crippen LogP contribution in [0.15, 0.2) is 0 Å². The van der Waals surface area contributed by atoms with Crippen molar-refractivity contribution < 1.29 is 29.0 Å². The zero-order valence-corrected chi connectivity index (χ0v) is 14.3. The van der Waals surface area contributed by atoms with Crippen molar-refractivity contribution in [2.24, 2.45) is 5.92 Å². The quantitative estimate of drug-likeness (QED) is 0.696. The maximum atomic E-state index is 12.0. The lowest BCUT2D eigenvalue weighted by Crippen LogP contribution is -2.46. The van der Waals surface area contributed by atoms with E-state index in [9.17, 15) is 14.4 Å². The van der Waals surface area contributed by atoms with Crippen LogP contribution in [0.4, 0.5) is 4.79 Å². The summed E-state index contributed by atoms with van der Waals surface area (Å²) < 4.78 is 10.5. The second-order valence-corrected chi connectivity index (χ2v) is 7.09. The Morgan fingerprint density at radius 1 is 1.43 bits per heavy atom. The number of carboxylic acids is 1. The van der Waals surface area contributed by atoms with Crippen LogP contribution in [0.2, 0.25) is 0 Å². The van der Waals surface area contributed by atoms with Crippen LogP contribution >= 0.6 is 0 Å². The number of hydrogen-bond acceptors (Lipinski definition) is 5. The minimum Gasteiger partial charge on any atom is -0.481 e. The summed E-state index contributed by atoms with van der Waals surface area (Å²) in [7, 11) is 0. The summed E-state index contributed by atoms with van der Waals surface area (Å²) >= 11 is 0. The normalized spacial score (nSPS) is 20.5. The Bertz CT molecular complexity index is 442. The van der Waals surface area contributed by atoms with Crippen LogP contribution in [0.25, 0.3) is 0 Å². The highest BCUT2D eigenvalue weighted by molar-refractivity contribution is 5.72. The lowest BCUT2D eigenvalue weighted by molar-refractivity contribution is -0.142. The number of carbonyl (C=O) groups excluding carboxylic acids is 2. The number of rotatable bonds is 7. The summed E-state index contributed by atoms with van der Waals surface area (Å²) in [5, 5.41) is 11.5. The fourth-order valence-electron chi connectivity index (χ4n) is 2.51. The Morgan fingerprint density at radius 3 is 2.57 bits per heavy atom. The lowest BCUT2D eigenvalue weighted by Gasteiger charge is -2.28. The number of alkyl carbamates (subject to hydrolysis) is 1. The molecule has 0 bridgehead atoms. The molecule has 0 saturated carbocycles. The molecule has 0 radical (unpaired) electrons. The Balaban J connectivity index is 2.63. The Hall–Kier alpha value is -1.79. The number of ether oxygens (including phenoxy) is 2. The Morgan fingerprint density at radius 2 is 2.09 bits per heavy atom. The van der Waals surface area contributed by atoms with Gasteiger partial charge in [0.25, 0.3) is 0 Å². The van der Waals surface area contributed by atoms with E-state index in [-0.39, 0.29) is 30.5 Å².